The summed E-state index contributed by atoms with van der Waals surface area (Å²) in [7, 11) is 0. The van der Waals surface area contributed by atoms with Gasteiger partial charge in [0.2, 0.25) is 6.41 Å². The van der Waals surface area contributed by atoms with Gasteiger partial charge in [-0.2, -0.15) is 0 Å². The van der Waals surface area contributed by atoms with Crippen LogP contribution in [0.25, 0.3) is 11.3 Å². The molecule has 1 aromatic carbocycles. The van der Waals surface area contributed by atoms with Gasteiger partial charge in [0.25, 0.3) is 0 Å². The monoisotopic (exact) mass is 358 g/mol. The largest absolute Gasteiger partial charge is 0.490 e. The molecule has 0 radical (unpaired) electrons. The van der Waals surface area contributed by atoms with Crippen molar-refractivity contribution in [2.75, 3.05) is 19.8 Å². The minimum atomic E-state index is -0.500. The average Bonchev–Trinajstić information content (AvgIpc) is 3.41. The Morgan fingerprint density at radius 3 is 2.73 bits per heavy atom. The molecule has 0 bridgehead atoms. The van der Waals surface area contributed by atoms with E-state index in [1.807, 2.05) is 6.07 Å². The van der Waals surface area contributed by atoms with Crippen molar-refractivity contribution in [2.24, 2.45) is 5.92 Å². The fraction of sp³-hybridized carbons (Fsp3) is 0.400. The smallest absolute Gasteiger partial charge is 0.207 e. The zero-order valence-electron chi connectivity index (χ0n) is 14.3. The number of hydrogen-bond donors (Lipinski definition) is 1. The van der Waals surface area contributed by atoms with Crippen LogP contribution >= 0.6 is 0 Å². The van der Waals surface area contributed by atoms with Crippen LogP contribution in [0.2, 0.25) is 0 Å². The summed E-state index contributed by atoms with van der Waals surface area (Å²) in [5.74, 6) is 0.506. The van der Waals surface area contributed by atoms with Gasteiger partial charge in [-0.25, -0.2) is 9.37 Å². The average molecular weight is 358 g/mol. The Morgan fingerprint density at radius 2 is 2.08 bits per heavy atom. The second-order valence-electron chi connectivity index (χ2n) is 6.95. The Kier molecular flexibility index (Phi) is 4.57. The van der Waals surface area contributed by atoms with Crippen molar-refractivity contribution < 1.29 is 18.3 Å². The second-order valence-corrected chi connectivity index (χ2v) is 6.95. The summed E-state index contributed by atoms with van der Waals surface area (Å²) < 4.78 is 32.5. The van der Waals surface area contributed by atoms with Crippen molar-refractivity contribution in [1.29, 1.82) is 0 Å². The summed E-state index contributed by atoms with van der Waals surface area (Å²) in [6.07, 6.45) is 2.88. The van der Waals surface area contributed by atoms with E-state index in [4.69, 9.17) is 9.72 Å². The van der Waals surface area contributed by atoms with E-state index in [-0.39, 0.29) is 24.3 Å². The summed E-state index contributed by atoms with van der Waals surface area (Å²) in [6.45, 7) is 0.287. The highest BCUT2D eigenvalue weighted by Crippen LogP contribution is 2.46. The Bertz CT molecular complexity index is 806. The molecule has 2 aliphatic rings. The lowest BCUT2D eigenvalue weighted by Gasteiger charge is -2.18. The molecule has 6 heteroatoms. The molecule has 2 aromatic rings. The first kappa shape index (κ1) is 16.9. The number of nitrogens with one attached hydrogen (secondary N) is 1. The molecule has 1 aliphatic carbocycles. The first-order valence-corrected chi connectivity index (χ1v) is 8.87. The lowest BCUT2D eigenvalue weighted by Crippen LogP contribution is -2.22. The minimum Gasteiger partial charge on any atom is -0.490 e. The van der Waals surface area contributed by atoms with E-state index in [1.54, 1.807) is 12.1 Å². The summed E-state index contributed by atoms with van der Waals surface area (Å²) in [5.41, 5.74) is 3.00. The maximum Gasteiger partial charge on any atom is 0.207 e. The van der Waals surface area contributed by atoms with E-state index in [0.717, 1.165) is 29.7 Å². The number of pyridine rings is 1. The van der Waals surface area contributed by atoms with Gasteiger partial charge in [0, 0.05) is 29.3 Å². The van der Waals surface area contributed by atoms with E-state index >= 15 is 0 Å². The van der Waals surface area contributed by atoms with E-state index < -0.39 is 6.67 Å². The highest BCUT2D eigenvalue weighted by atomic mass is 19.1. The number of rotatable bonds is 7. The van der Waals surface area contributed by atoms with Crippen LogP contribution in [0.3, 0.4) is 0 Å². The molecule has 26 heavy (non-hydrogen) atoms. The van der Waals surface area contributed by atoms with Crippen molar-refractivity contribution in [1.82, 2.24) is 10.3 Å². The molecule has 136 valence electrons. The Labute approximate surface area is 150 Å². The van der Waals surface area contributed by atoms with Gasteiger partial charge in [0.1, 0.15) is 17.3 Å². The lowest BCUT2D eigenvalue weighted by molar-refractivity contribution is -0.109. The number of hydrogen-bond acceptors (Lipinski definition) is 3. The zero-order chi connectivity index (χ0) is 18.1. The molecule has 2 unspecified atom stereocenters. The topological polar surface area (TPSA) is 51.2 Å². The van der Waals surface area contributed by atoms with Gasteiger partial charge in [0.15, 0.2) is 0 Å². The predicted octanol–water partition coefficient (Wildman–Crippen LogP) is 3.57. The number of carbonyl (C=O) groups excluding carboxylic acids is 1. The van der Waals surface area contributed by atoms with E-state index in [9.17, 15) is 13.6 Å². The van der Waals surface area contributed by atoms with Gasteiger partial charge in [-0.05, 0) is 49.1 Å². The van der Waals surface area contributed by atoms with Crippen LogP contribution in [-0.4, -0.2) is 31.2 Å². The molecule has 1 aromatic heterocycles. The number of nitrogens with zero attached hydrogens (tertiary/aromatic N) is 1. The van der Waals surface area contributed by atoms with Crippen LogP contribution in [0.4, 0.5) is 8.78 Å². The van der Waals surface area contributed by atoms with Crippen molar-refractivity contribution in [3.8, 4) is 17.0 Å². The van der Waals surface area contributed by atoms with Gasteiger partial charge < -0.3 is 10.1 Å². The van der Waals surface area contributed by atoms with Crippen LogP contribution < -0.4 is 10.1 Å². The van der Waals surface area contributed by atoms with Gasteiger partial charge >= 0.3 is 0 Å². The molecule has 0 spiro atoms. The van der Waals surface area contributed by atoms with Gasteiger partial charge in [-0.1, -0.05) is 0 Å². The van der Waals surface area contributed by atoms with E-state index in [2.05, 4.69) is 5.32 Å². The summed E-state index contributed by atoms with van der Waals surface area (Å²) >= 11 is 0. The number of halogens is 2. The van der Waals surface area contributed by atoms with Crippen molar-refractivity contribution >= 4 is 6.41 Å². The summed E-state index contributed by atoms with van der Waals surface area (Å²) in [6, 6.07) is 8.00. The number of amides is 1. The number of fused-ring (bicyclic) bond motifs is 1. The molecule has 1 fully saturated rings. The third kappa shape index (κ3) is 3.16. The molecule has 1 aliphatic heterocycles. The van der Waals surface area contributed by atoms with Gasteiger partial charge in [-0.3, -0.25) is 9.18 Å². The number of carbonyl (C=O) groups is 1. The summed E-state index contributed by atoms with van der Waals surface area (Å²) in [5, 5.41) is 2.75. The molecular weight excluding hydrogens is 338 g/mol. The van der Waals surface area contributed by atoms with Crippen molar-refractivity contribution in [3.05, 3.63) is 47.4 Å². The number of alkyl halides is 1. The van der Waals surface area contributed by atoms with E-state index in [1.165, 1.54) is 12.1 Å². The molecule has 4 rings (SSSR count). The third-order valence-corrected chi connectivity index (χ3v) is 5.19. The molecule has 4 nitrogen and oxygen atoms in total. The first-order valence-electron chi connectivity index (χ1n) is 8.87. The standard InChI is InChI=1S/C20H20F2N2O2/c21-8-14-10-26-20-16(14)7-18(17(9-23-11-25)12-1-2-12)24-19(20)13-3-5-15(22)6-4-13/h3-7,11-12,14,17H,1-2,8-10H2,(H,23,25). The van der Waals surface area contributed by atoms with Crippen molar-refractivity contribution in [3.63, 3.8) is 0 Å². The second kappa shape index (κ2) is 7.02. The van der Waals surface area contributed by atoms with Crippen LogP contribution in [0.15, 0.2) is 30.3 Å². The molecule has 2 atom stereocenters. The minimum absolute atomic E-state index is 0.0885. The normalized spacial score (nSPS) is 19.5. The maximum atomic E-state index is 13.5. The molecular formula is C20H20F2N2O2. The number of ether oxygens (including phenoxy) is 1. The molecule has 0 saturated heterocycles. The van der Waals surface area contributed by atoms with Crippen LogP contribution in [0, 0.1) is 11.7 Å². The predicted molar refractivity (Wildman–Crippen MR) is 93.4 cm³/mol. The number of benzene rings is 1. The summed E-state index contributed by atoms with van der Waals surface area (Å²) in [4.78, 5) is 15.6. The Hall–Kier alpha value is -2.50. The van der Waals surface area contributed by atoms with Crippen molar-refractivity contribution in [2.45, 2.75) is 24.7 Å². The van der Waals surface area contributed by atoms with Gasteiger partial charge in [0.05, 0.1) is 19.2 Å². The fourth-order valence-electron chi connectivity index (χ4n) is 3.61. The Balaban J connectivity index is 1.81. The quantitative estimate of drug-likeness (QED) is 0.770. The highest BCUT2D eigenvalue weighted by molar-refractivity contribution is 5.70. The molecule has 1 amide bonds. The molecule has 1 N–H and O–H groups in total. The SMILES string of the molecule is O=CNCC(c1cc2c(c(-c3ccc(F)cc3)n1)OCC2CF)C1CC1. The zero-order valence-corrected chi connectivity index (χ0v) is 14.3. The number of aromatic nitrogens is 1. The first-order chi connectivity index (χ1) is 12.7. The Morgan fingerprint density at radius 1 is 1.31 bits per heavy atom. The fourth-order valence-corrected chi connectivity index (χ4v) is 3.61. The van der Waals surface area contributed by atoms with E-state index in [0.29, 0.717) is 30.3 Å². The maximum absolute atomic E-state index is 13.5. The van der Waals surface area contributed by atoms with Gasteiger partial charge in [-0.15, -0.1) is 0 Å². The highest BCUT2D eigenvalue weighted by Gasteiger charge is 2.36. The van der Waals surface area contributed by atoms with Crippen LogP contribution in [0.1, 0.15) is 35.9 Å². The lowest BCUT2D eigenvalue weighted by atomic mass is 9.93. The molecule has 2 heterocycles. The third-order valence-electron chi connectivity index (χ3n) is 5.19. The van der Waals surface area contributed by atoms with Crippen LogP contribution in [0.5, 0.6) is 5.75 Å². The van der Waals surface area contributed by atoms with Crippen LogP contribution in [-0.2, 0) is 4.79 Å². The molecule has 1 saturated carbocycles.